The van der Waals surface area contributed by atoms with Crippen molar-refractivity contribution >= 4 is 6.08 Å². The summed E-state index contributed by atoms with van der Waals surface area (Å²) in [6.07, 6.45) is 1.91. The normalized spacial score (nSPS) is 15.2. The summed E-state index contributed by atoms with van der Waals surface area (Å²) in [5.74, 6) is 0.589. The minimum Gasteiger partial charge on any atom is -0.497 e. The second-order valence-electron chi connectivity index (χ2n) is 7.37. The molecule has 0 heterocycles. The van der Waals surface area contributed by atoms with Crippen LogP contribution in [0.25, 0.3) is 6.08 Å². The molecular formula is C23H30FNO3. The van der Waals surface area contributed by atoms with Gasteiger partial charge in [0.1, 0.15) is 22.9 Å². The molecule has 0 saturated carbocycles. The van der Waals surface area contributed by atoms with Gasteiger partial charge in [-0.3, -0.25) is 0 Å². The van der Waals surface area contributed by atoms with E-state index >= 15 is 0 Å². The average molecular weight is 387 g/mol. The van der Waals surface area contributed by atoms with Gasteiger partial charge in [0.2, 0.25) is 0 Å². The summed E-state index contributed by atoms with van der Waals surface area (Å²) in [4.78, 5) is 2.00. The summed E-state index contributed by atoms with van der Waals surface area (Å²) in [5, 5.41) is 11.9. The Morgan fingerprint density at radius 3 is 2.32 bits per heavy atom. The van der Waals surface area contributed by atoms with Crippen molar-refractivity contribution in [2.75, 3.05) is 34.9 Å². The summed E-state index contributed by atoms with van der Waals surface area (Å²) < 4.78 is 24.8. The third-order valence-electron chi connectivity index (χ3n) is 5.02. The Balaban J connectivity index is 2.60. The smallest absolute Gasteiger partial charge is 0.125 e. The Labute approximate surface area is 167 Å². The maximum atomic E-state index is 14.1. The van der Waals surface area contributed by atoms with Gasteiger partial charge < -0.3 is 19.5 Å². The predicted octanol–water partition coefficient (Wildman–Crippen LogP) is 4.33. The molecule has 2 atom stereocenters. The first-order valence-electron chi connectivity index (χ1n) is 9.26. The van der Waals surface area contributed by atoms with Gasteiger partial charge >= 0.3 is 0 Å². The molecule has 0 aliphatic carbocycles. The summed E-state index contributed by atoms with van der Waals surface area (Å²) >= 11 is 0. The lowest BCUT2D eigenvalue weighted by atomic mass is 9.75. The molecule has 0 fully saturated rings. The van der Waals surface area contributed by atoms with Crippen molar-refractivity contribution in [3.05, 3.63) is 65.0 Å². The van der Waals surface area contributed by atoms with E-state index in [0.717, 1.165) is 11.3 Å². The fraction of sp³-hybridized carbons (Fsp3) is 0.391. The molecule has 2 unspecified atom stereocenters. The van der Waals surface area contributed by atoms with E-state index in [1.807, 2.05) is 63.2 Å². The second kappa shape index (κ2) is 9.22. The molecule has 2 aromatic carbocycles. The Morgan fingerprint density at radius 2 is 1.79 bits per heavy atom. The lowest BCUT2D eigenvalue weighted by Gasteiger charge is -2.38. The van der Waals surface area contributed by atoms with Gasteiger partial charge in [-0.05, 0) is 62.5 Å². The first kappa shape index (κ1) is 21.9. The number of methoxy groups -OCH3 is 2. The molecule has 4 nitrogen and oxygen atoms in total. The van der Waals surface area contributed by atoms with Gasteiger partial charge in [0, 0.05) is 18.0 Å². The van der Waals surface area contributed by atoms with Crippen molar-refractivity contribution in [1.29, 1.82) is 0 Å². The molecule has 1 N–H and O–H groups in total. The standard InChI is InChI=1S/C23H30FNO3/c1-16(13-18-7-10-20(27-5)11-8-18)23(26,17(2)15-25(3)4)21-14-19(24)9-12-22(21)28-6/h7-14,17,26H,15H2,1-6H3/b16-13-. The van der Waals surface area contributed by atoms with Gasteiger partial charge in [0.25, 0.3) is 0 Å². The third-order valence-corrected chi connectivity index (χ3v) is 5.02. The van der Waals surface area contributed by atoms with Crippen LogP contribution in [0.2, 0.25) is 0 Å². The monoisotopic (exact) mass is 387 g/mol. The van der Waals surface area contributed by atoms with Gasteiger partial charge in [0.15, 0.2) is 0 Å². The number of hydrogen-bond donors (Lipinski definition) is 1. The zero-order valence-electron chi connectivity index (χ0n) is 17.5. The summed E-state index contributed by atoms with van der Waals surface area (Å²) in [7, 11) is 7.04. The van der Waals surface area contributed by atoms with Gasteiger partial charge in [-0.25, -0.2) is 4.39 Å². The lowest BCUT2D eigenvalue weighted by molar-refractivity contribution is 0.00830. The van der Waals surface area contributed by atoms with E-state index in [1.165, 1.54) is 19.2 Å². The van der Waals surface area contributed by atoms with Gasteiger partial charge in [-0.1, -0.05) is 25.1 Å². The van der Waals surface area contributed by atoms with Crippen LogP contribution in [-0.4, -0.2) is 44.9 Å². The molecule has 0 radical (unpaired) electrons. The molecule has 0 aromatic heterocycles. The average Bonchev–Trinajstić information content (AvgIpc) is 2.67. The van der Waals surface area contributed by atoms with Crippen LogP contribution in [0.1, 0.15) is 25.0 Å². The molecule has 0 amide bonds. The highest BCUT2D eigenvalue weighted by Gasteiger charge is 2.40. The van der Waals surface area contributed by atoms with Crippen molar-refractivity contribution < 1.29 is 19.0 Å². The molecule has 0 spiro atoms. The van der Waals surface area contributed by atoms with E-state index < -0.39 is 11.4 Å². The zero-order chi connectivity index (χ0) is 20.9. The van der Waals surface area contributed by atoms with Gasteiger partial charge in [0.05, 0.1) is 14.2 Å². The molecule has 0 aliphatic heterocycles. The van der Waals surface area contributed by atoms with Crippen molar-refractivity contribution in [3.8, 4) is 11.5 Å². The molecule has 2 rings (SSSR count). The number of aliphatic hydroxyl groups is 1. The first-order valence-corrected chi connectivity index (χ1v) is 9.26. The van der Waals surface area contributed by atoms with Gasteiger partial charge in [-0.2, -0.15) is 0 Å². The highest BCUT2D eigenvalue weighted by atomic mass is 19.1. The van der Waals surface area contributed by atoms with Crippen molar-refractivity contribution in [2.24, 2.45) is 5.92 Å². The molecule has 152 valence electrons. The first-order chi connectivity index (χ1) is 13.2. The number of ether oxygens (including phenoxy) is 2. The summed E-state index contributed by atoms with van der Waals surface area (Å²) in [6.45, 7) is 4.43. The molecule has 28 heavy (non-hydrogen) atoms. The Kier molecular flexibility index (Phi) is 7.22. The minimum atomic E-state index is -1.41. The van der Waals surface area contributed by atoms with Crippen LogP contribution in [0.5, 0.6) is 11.5 Å². The van der Waals surface area contributed by atoms with Crippen LogP contribution in [0, 0.1) is 11.7 Å². The van der Waals surface area contributed by atoms with E-state index in [1.54, 1.807) is 13.2 Å². The number of hydrogen-bond acceptors (Lipinski definition) is 4. The third kappa shape index (κ3) is 4.72. The topological polar surface area (TPSA) is 41.9 Å². The van der Waals surface area contributed by atoms with E-state index in [-0.39, 0.29) is 5.92 Å². The van der Waals surface area contributed by atoms with Crippen molar-refractivity contribution in [2.45, 2.75) is 19.4 Å². The van der Waals surface area contributed by atoms with Gasteiger partial charge in [-0.15, -0.1) is 0 Å². The highest BCUT2D eigenvalue weighted by molar-refractivity contribution is 5.58. The van der Waals surface area contributed by atoms with E-state index in [4.69, 9.17) is 9.47 Å². The second-order valence-corrected chi connectivity index (χ2v) is 7.37. The van der Waals surface area contributed by atoms with Crippen LogP contribution in [0.4, 0.5) is 4.39 Å². The summed E-state index contributed by atoms with van der Waals surface area (Å²) in [6, 6.07) is 11.8. The number of nitrogens with zero attached hydrogens (tertiary/aromatic N) is 1. The maximum Gasteiger partial charge on any atom is 0.125 e. The van der Waals surface area contributed by atoms with E-state index in [9.17, 15) is 9.50 Å². The van der Waals surface area contributed by atoms with E-state index in [0.29, 0.717) is 23.4 Å². The predicted molar refractivity (Wildman–Crippen MR) is 111 cm³/mol. The Bertz CT molecular complexity index is 817. The maximum absolute atomic E-state index is 14.1. The van der Waals surface area contributed by atoms with Crippen LogP contribution in [0.3, 0.4) is 0 Å². The minimum absolute atomic E-state index is 0.215. The number of rotatable bonds is 8. The highest BCUT2D eigenvalue weighted by Crippen LogP contribution is 2.42. The fourth-order valence-corrected chi connectivity index (χ4v) is 3.58. The molecule has 0 bridgehead atoms. The fourth-order valence-electron chi connectivity index (χ4n) is 3.58. The van der Waals surface area contributed by atoms with Crippen LogP contribution in [-0.2, 0) is 5.60 Å². The Hall–Kier alpha value is -2.37. The number of halogens is 1. The lowest BCUT2D eigenvalue weighted by Crippen LogP contribution is -2.40. The Morgan fingerprint density at radius 1 is 1.14 bits per heavy atom. The largest absolute Gasteiger partial charge is 0.497 e. The SMILES string of the molecule is COc1ccc(/C=C(/C)C(O)(c2cc(F)ccc2OC)C(C)CN(C)C)cc1. The summed E-state index contributed by atoms with van der Waals surface area (Å²) in [5.41, 5.74) is 0.643. The number of benzene rings is 2. The molecule has 0 saturated heterocycles. The van der Waals surface area contributed by atoms with Crippen molar-refractivity contribution in [1.82, 2.24) is 4.90 Å². The quantitative estimate of drug-likeness (QED) is 0.732. The van der Waals surface area contributed by atoms with Crippen LogP contribution in [0.15, 0.2) is 48.0 Å². The molecule has 2 aromatic rings. The van der Waals surface area contributed by atoms with Crippen LogP contribution >= 0.6 is 0 Å². The molecule has 5 heteroatoms. The molecular weight excluding hydrogens is 357 g/mol. The van der Waals surface area contributed by atoms with Crippen LogP contribution < -0.4 is 9.47 Å². The molecule has 0 aliphatic rings. The van der Waals surface area contributed by atoms with Crippen molar-refractivity contribution in [3.63, 3.8) is 0 Å². The van der Waals surface area contributed by atoms with E-state index in [2.05, 4.69) is 0 Å². The zero-order valence-corrected chi connectivity index (χ0v) is 17.5.